The van der Waals surface area contributed by atoms with E-state index in [1.165, 1.54) is 12.1 Å². The molecular weight excluding hydrogens is 245 g/mol. The third kappa shape index (κ3) is 2.71. The molecule has 1 saturated heterocycles. The van der Waals surface area contributed by atoms with Crippen LogP contribution in [-0.4, -0.2) is 48.9 Å². The van der Waals surface area contributed by atoms with Gasteiger partial charge >= 0.3 is 0 Å². The summed E-state index contributed by atoms with van der Waals surface area (Å²) in [4.78, 5) is 16.1. The van der Waals surface area contributed by atoms with E-state index in [-0.39, 0.29) is 11.5 Å². The highest BCUT2D eigenvalue weighted by atomic mass is 19.1. The average molecular weight is 265 g/mol. The lowest BCUT2D eigenvalue weighted by Crippen LogP contribution is -2.36. The molecule has 0 radical (unpaired) electrons. The van der Waals surface area contributed by atoms with Crippen molar-refractivity contribution in [3.8, 4) is 0 Å². The summed E-state index contributed by atoms with van der Waals surface area (Å²) in [6, 6.07) is 4.52. The molecule has 2 atom stereocenters. The summed E-state index contributed by atoms with van der Waals surface area (Å²) in [5.41, 5.74) is 5.92. The first kappa shape index (κ1) is 13.8. The van der Waals surface area contributed by atoms with E-state index >= 15 is 0 Å². The first-order valence-electron chi connectivity index (χ1n) is 6.41. The summed E-state index contributed by atoms with van der Waals surface area (Å²) in [7, 11) is 4.00. The van der Waals surface area contributed by atoms with Crippen molar-refractivity contribution in [2.75, 3.05) is 32.9 Å². The fourth-order valence-electron chi connectivity index (χ4n) is 2.66. The lowest BCUT2D eigenvalue weighted by molar-refractivity contribution is 0.0777. The van der Waals surface area contributed by atoms with E-state index in [2.05, 4.69) is 11.8 Å². The zero-order valence-corrected chi connectivity index (χ0v) is 11.6. The number of hydrogen-bond donors (Lipinski definition) is 1. The van der Waals surface area contributed by atoms with Crippen LogP contribution < -0.4 is 5.73 Å². The second kappa shape index (κ2) is 5.17. The fraction of sp³-hybridized carbons (Fsp3) is 0.500. The predicted octanol–water partition coefficient (Wildman–Crippen LogP) is 1.43. The highest BCUT2D eigenvalue weighted by Gasteiger charge is 2.34. The van der Waals surface area contributed by atoms with Crippen LogP contribution >= 0.6 is 0 Å². The Morgan fingerprint density at radius 1 is 1.42 bits per heavy atom. The molecule has 2 N–H and O–H groups in total. The highest BCUT2D eigenvalue weighted by Crippen LogP contribution is 2.23. The number of likely N-dealkylation sites (N-methyl/N-ethyl adjacent to an activating group) is 1. The quantitative estimate of drug-likeness (QED) is 0.823. The number of rotatable bonds is 2. The molecule has 5 heteroatoms. The summed E-state index contributed by atoms with van der Waals surface area (Å²) >= 11 is 0. The molecule has 0 bridgehead atoms. The number of benzene rings is 1. The largest absolute Gasteiger partial charge is 0.399 e. The van der Waals surface area contributed by atoms with Crippen LogP contribution in [0.2, 0.25) is 0 Å². The zero-order valence-electron chi connectivity index (χ0n) is 11.6. The molecule has 0 aliphatic carbocycles. The number of hydrogen-bond acceptors (Lipinski definition) is 3. The molecule has 2 unspecified atom stereocenters. The van der Waals surface area contributed by atoms with Gasteiger partial charge in [-0.2, -0.15) is 0 Å². The van der Waals surface area contributed by atoms with Gasteiger partial charge in [0.1, 0.15) is 5.82 Å². The van der Waals surface area contributed by atoms with Gasteiger partial charge in [0.2, 0.25) is 0 Å². The Morgan fingerprint density at radius 3 is 2.63 bits per heavy atom. The number of carbonyl (C=O) groups excluding carboxylic acids is 1. The molecule has 0 spiro atoms. The monoisotopic (exact) mass is 265 g/mol. The van der Waals surface area contributed by atoms with E-state index in [0.717, 1.165) is 0 Å². The number of carbonyl (C=O) groups is 1. The molecule has 0 aromatic heterocycles. The molecule has 1 aliphatic heterocycles. The molecule has 1 heterocycles. The minimum Gasteiger partial charge on any atom is -0.399 e. The van der Waals surface area contributed by atoms with Gasteiger partial charge in [0.25, 0.3) is 5.91 Å². The third-order valence-electron chi connectivity index (χ3n) is 3.75. The number of halogens is 1. The Kier molecular flexibility index (Phi) is 3.75. The first-order valence-corrected chi connectivity index (χ1v) is 6.41. The number of nitrogen functional groups attached to an aromatic ring is 1. The van der Waals surface area contributed by atoms with Crippen LogP contribution in [0.25, 0.3) is 0 Å². The van der Waals surface area contributed by atoms with Crippen LogP contribution in [0.4, 0.5) is 10.1 Å². The number of nitrogens with two attached hydrogens (primary N) is 1. The van der Waals surface area contributed by atoms with E-state index in [4.69, 9.17) is 5.73 Å². The van der Waals surface area contributed by atoms with E-state index in [9.17, 15) is 9.18 Å². The molecule has 1 fully saturated rings. The summed E-state index contributed by atoms with van der Waals surface area (Å²) in [5, 5.41) is 0. The second-order valence-electron chi connectivity index (χ2n) is 5.46. The maximum absolute atomic E-state index is 13.8. The number of likely N-dealkylation sites (tertiary alicyclic amines) is 1. The first-order chi connectivity index (χ1) is 8.90. The van der Waals surface area contributed by atoms with Crippen molar-refractivity contribution in [2.24, 2.45) is 5.92 Å². The molecule has 1 aromatic rings. The number of amides is 1. The molecular formula is C14H20FN3O. The summed E-state index contributed by atoms with van der Waals surface area (Å²) in [6.45, 7) is 3.40. The summed E-state index contributed by atoms with van der Waals surface area (Å²) < 4.78 is 13.8. The smallest absolute Gasteiger partial charge is 0.256 e. The molecule has 1 aromatic carbocycles. The van der Waals surface area contributed by atoms with Crippen molar-refractivity contribution in [1.29, 1.82) is 0 Å². The highest BCUT2D eigenvalue weighted by molar-refractivity contribution is 5.95. The van der Waals surface area contributed by atoms with Crippen LogP contribution in [0.1, 0.15) is 17.3 Å². The van der Waals surface area contributed by atoms with Crippen molar-refractivity contribution in [2.45, 2.75) is 13.0 Å². The molecule has 1 amide bonds. The minimum atomic E-state index is -0.550. The van der Waals surface area contributed by atoms with Crippen LogP contribution in [-0.2, 0) is 0 Å². The van der Waals surface area contributed by atoms with Gasteiger partial charge in [-0.25, -0.2) is 4.39 Å². The minimum absolute atomic E-state index is 0.0980. The van der Waals surface area contributed by atoms with E-state index in [1.54, 1.807) is 11.0 Å². The van der Waals surface area contributed by atoms with E-state index in [0.29, 0.717) is 30.7 Å². The van der Waals surface area contributed by atoms with Crippen LogP contribution in [0.3, 0.4) is 0 Å². The topological polar surface area (TPSA) is 49.6 Å². The molecule has 19 heavy (non-hydrogen) atoms. The Hall–Kier alpha value is -1.62. The lowest BCUT2D eigenvalue weighted by Gasteiger charge is -2.22. The Labute approximate surface area is 113 Å². The maximum atomic E-state index is 13.8. The fourth-order valence-corrected chi connectivity index (χ4v) is 2.66. The summed E-state index contributed by atoms with van der Waals surface area (Å²) in [5.74, 6) is -0.421. The predicted molar refractivity (Wildman–Crippen MR) is 73.4 cm³/mol. The molecule has 1 aliphatic rings. The molecule has 0 saturated carbocycles. The van der Waals surface area contributed by atoms with E-state index in [1.807, 2.05) is 14.1 Å². The van der Waals surface area contributed by atoms with Gasteiger partial charge in [0.15, 0.2) is 0 Å². The standard InChI is InChI=1S/C14H20FN3O/c1-9-7-18(8-13(9)17(2)3)14(19)11-5-4-10(16)6-12(11)15/h4-6,9,13H,7-8,16H2,1-3H3. The van der Waals surface area contributed by atoms with Crippen molar-refractivity contribution in [3.63, 3.8) is 0 Å². The lowest BCUT2D eigenvalue weighted by atomic mass is 10.1. The average Bonchev–Trinajstić information content (AvgIpc) is 2.70. The van der Waals surface area contributed by atoms with Gasteiger partial charge in [-0.3, -0.25) is 4.79 Å². The molecule has 4 nitrogen and oxygen atoms in total. The van der Waals surface area contributed by atoms with Gasteiger partial charge in [0.05, 0.1) is 5.56 Å². The van der Waals surface area contributed by atoms with E-state index < -0.39 is 5.82 Å². The van der Waals surface area contributed by atoms with Gasteiger partial charge in [-0.1, -0.05) is 6.92 Å². The molecule has 2 rings (SSSR count). The van der Waals surface area contributed by atoms with Gasteiger partial charge < -0.3 is 15.5 Å². The Bertz CT molecular complexity index is 490. The Morgan fingerprint density at radius 2 is 2.11 bits per heavy atom. The maximum Gasteiger partial charge on any atom is 0.256 e. The van der Waals surface area contributed by atoms with Crippen LogP contribution in [0.15, 0.2) is 18.2 Å². The number of anilines is 1. The normalized spacial score (nSPS) is 23.1. The summed E-state index contributed by atoms with van der Waals surface area (Å²) in [6.07, 6.45) is 0. The SMILES string of the molecule is CC1CN(C(=O)c2ccc(N)cc2F)CC1N(C)C. The molecule has 104 valence electrons. The van der Waals surface area contributed by atoms with Gasteiger partial charge in [-0.15, -0.1) is 0 Å². The van der Waals surface area contributed by atoms with Crippen molar-refractivity contribution < 1.29 is 9.18 Å². The zero-order chi connectivity index (χ0) is 14.2. The third-order valence-corrected chi connectivity index (χ3v) is 3.75. The second-order valence-corrected chi connectivity index (χ2v) is 5.46. The van der Waals surface area contributed by atoms with Crippen molar-refractivity contribution in [1.82, 2.24) is 9.80 Å². The number of nitrogens with zero attached hydrogens (tertiary/aromatic N) is 2. The van der Waals surface area contributed by atoms with Gasteiger partial charge in [0, 0.05) is 24.8 Å². The van der Waals surface area contributed by atoms with Gasteiger partial charge in [-0.05, 0) is 38.2 Å². The van der Waals surface area contributed by atoms with Crippen molar-refractivity contribution >= 4 is 11.6 Å². The van der Waals surface area contributed by atoms with Crippen molar-refractivity contribution in [3.05, 3.63) is 29.6 Å². The van der Waals surface area contributed by atoms with Crippen LogP contribution in [0, 0.1) is 11.7 Å². The van der Waals surface area contributed by atoms with Crippen LogP contribution in [0.5, 0.6) is 0 Å². The Balaban J connectivity index is 2.17.